The van der Waals surface area contributed by atoms with Crippen LogP contribution < -0.4 is 0 Å². The number of hydrogen-bond donors (Lipinski definition) is 0. The average Bonchev–Trinajstić information content (AvgIpc) is 3.00. The zero-order valence-corrected chi connectivity index (χ0v) is 12.6. The second kappa shape index (κ2) is 5.57. The van der Waals surface area contributed by atoms with Crippen molar-refractivity contribution in [2.45, 2.75) is 45.1 Å². The van der Waals surface area contributed by atoms with Crippen LogP contribution >= 0.6 is 15.9 Å². The quantitative estimate of drug-likeness (QED) is 0.773. The molecule has 0 atom stereocenters. The smallest absolute Gasteiger partial charge is 0.219 e. The van der Waals surface area contributed by atoms with Gasteiger partial charge in [-0.3, -0.25) is 9.69 Å². The number of carbonyl (C=O) groups is 1. The molecule has 1 saturated carbocycles. The van der Waals surface area contributed by atoms with Gasteiger partial charge in [-0.05, 0) is 47.9 Å². The van der Waals surface area contributed by atoms with Crippen molar-refractivity contribution in [3.8, 4) is 0 Å². The lowest BCUT2D eigenvalue weighted by molar-refractivity contribution is 0.0554. The number of hydrogen-bond acceptors (Lipinski definition) is 3. The highest BCUT2D eigenvalue weighted by atomic mass is 79.9. The van der Waals surface area contributed by atoms with Crippen LogP contribution in [0.15, 0.2) is 21.2 Å². The number of ketones is 1. The van der Waals surface area contributed by atoms with Gasteiger partial charge >= 0.3 is 0 Å². The Hall–Kier alpha value is -0.610. The molecule has 2 rings (SSSR count). The number of Topliss-reactive ketones (excluding diaryl/α,β-unsaturated/α-hetero) is 1. The van der Waals surface area contributed by atoms with E-state index in [0.717, 1.165) is 43.2 Å². The summed E-state index contributed by atoms with van der Waals surface area (Å²) in [7, 11) is 0. The van der Waals surface area contributed by atoms with Gasteiger partial charge in [0.1, 0.15) is 0 Å². The molecule has 0 aliphatic heterocycles. The van der Waals surface area contributed by atoms with Gasteiger partial charge in [-0.15, -0.1) is 0 Å². The van der Waals surface area contributed by atoms with Crippen molar-refractivity contribution in [3.63, 3.8) is 0 Å². The molecule has 1 aliphatic carbocycles. The molecule has 1 aromatic heterocycles. The van der Waals surface area contributed by atoms with Crippen LogP contribution in [0.1, 0.15) is 50.1 Å². The standard InChI is InChI=1S/C14H20BrNO2/c1-3-16(4-2)14(8-5-6-9-14)13(17)12-11(15)7-10-18-12/h7,10H,3-6,8-9H2,1-2H3. The molecule has 0 unspecified atom stereocenters. The predicted molar refractivity (Wildman–Crippen MR) is 74.9 cm³/mol. The highest BCUT2D eigenvalue weighted by molar-refractivity contribution is 9.10. The van der Waals surface area contributed by atoms with E-state index in [1.165, 1.54) is 0 Å². The maximum Gasteiger partial charge on any atom is 0.219 e. The minimum absolute atomic E-state index is 0.139. The van der Waals surface area contributed by atoms with Crippen molar-refractivity contribution in [1.82, 2.24) is 4.90 Å². The van der Waals surface area contributed by atoms with Gasteiger partial charge in [0, 0.05) is 0 Å². The zero-order chi connectivity index (χ0) is 13.2. The number of likely N-dealkylation sites (N-methyl/N-ethyl adjacent to an activating group) is 1. The van der Waals surface area contributed by atoms with Gasteiger partial charge in [-0.25, -0.2) is 0 Å². The summed E-state index contributed by atoms with van der Waals surface area (Å²) in [4.78, 5) is 15.1. The molecule has 0 bridgehead atoms. The summed E-state index contributed by atoms with van der Waals surface area (Å²) in [6, 6.07) is 1.79. The number of nitrogens with zero attached hydrogens (tertiary/aromatic N) is 1. The molecule has 4 heteroatoms. The lowest BCUT2D eigenvalue weighted by Crippen LogP contribution is -2.52. The first-order valence-electron chi connectivity index (χ1n) is 6.68. The van der Waals surface area contributed by atoms with Crippen molar-refractivity contribution in [2.75, 3.05) is 13.1 Å². The summed E-state index contributed by atoms with van der Waals surface area (Å²) < 4.78 is 6.15. The van der Waals surface area contributed by atoms with E-state index in [2.05, 4.69) is 34.7 Å². The Kier molecular flexibility index (Phi) is 4.28. The van der Waals surface area contributed by atoms with E-state index in [1.54, 1.807) is 12.3 Å². The van der Waals surface area contributed by atoms with E-state index in [0.29, 0.717) is 5.76 Å². The van der Waals surface area contributed by atoms with Crippen molar-refractivity contribution in [3.05, 3.63) is 22.6 Å². The zero-order valence-electron chi connectivity index (χ0n) is 11.0. The molecule has 0 aromatic carbocycles. The first-order chi connectivity index (χ1) is 8.65. The second-order valence-electron chi connectivity index (χ2n) is 4.84. The van der Waals surface area contributed by atoms with E-state index in [-0.39, 0.29) is 11.3 Å². The average molecular weight is 314 g/mol. The molecule has 0 saturated heterocycles. The van der Waals surface area contributed by atoms with Crippen LogP contribution in [0, 0.1) is 0 Å². The van der Waals surface area contributed by atoms with Crippen LogP contribution in [0.3, 0.4) is 0 Å². The Balaban J connectivity index is 2.36. The lowest BCUT2D eigenvalue weighted by Gasteiger charge is -2.38. The van der Waals surface area contributed by atoms with Crippen molar-refractivity contribution < 1.29 is 9.21 Å². The van der Waals surface area contributed by atoms with Crippen molar-refractivity contribution in [2.24, 2.45) is 0 Å². The van der Waals surface area contributed by atoms with Crippen LogP contribution in [-0.4, -0.2) is 29.3 Å². The van der Waals surface area contributed by atoms with Gasteiger partial charge in [0.15, 0.2) is 5.76 Å². The van der Waals surface area contributed by atoms with E-state index in [4.69, 9.17) is 4.42 Å². The van der Waals surface area contributed by atoms with Gasteiger partial charge in [0.25, 0.3) is 0 Å². The van der Waals surface area contributed by atoms with E-state index >= 15 is 0 Å². The van der Waals surface area contributed by atoms with Gasteiger partial charge in [-0.1, -0.05) is 26.7 Å². The highest BCUT2D eigenvalue weighted by Gasteiger charge is 2.46. The fraction of sp³-hybridized carbons (Fsp3) is 0.643. The molecule has 18 heavy (non-hydrogen) atoms. The third-order valence-electron chi connectivity index (χ3n) is 4.05. The van der Waals surface area contributed by atoms with Crippen molar-refractivity contribution >= 4 is 21.7 Å². The summed E-state index contributed by atoms with van der Waals surface area (Å²) in [5, 5.41) is 0. The molecular weight excluding hydrogens is 294 g/mol. The highest BCUT2D eigenvalue weighted by Crippen LogP contribution is 2.39. The van der Waals surface area contributed by atoms with Crippen LogP contribution in [0.4, 0.5) is 0 Å². The maximum absolute atomic E-state index is 12.8. The molecule has 0 N–H and O–H groups in total. The number of rotatable bonds is 5. The molecule has 0 amide bonds. The molecule has 1 heterocycles. The first-order valence-corrected chi connectivity index (χ1v) is 7.48. The van der Waals surface area contributed by atoms with Gasteiger partial charge in [-0.2, -0.15) is 0 Å². The Morgan fingerprint density at radius 3 is 2.44 bits per heavy atom. The third kappa shape index (κ3) is 2.16. The number of furan rings is 1. The molecule has 0 radical (unpaired) electrons. The Bertz CT molecular complexity index is 417. The first kappa shape index (κ1) is 13.8. The maximum atomic E-state index is 12.8. The van der Waals surface area contributed by atoms with Crippen LogP contribution in [0.25, 0.3) is 0 Å². The Morgan fingerprint density at radius 2 is 2.00 bits per heavy atom. The molecule has 1 aliphatic rings. The predicted octanol–water partition coefficient (Wildman–Crippen LogP) is 3.88. The van der Waals surface area contributed by atoms with Gasteiger partial charge < -0.3 is 4.42 Å². The van der Waals surface area contributed by atoms with Gasteiger partial charge in [0.05, 0.1) is 16.3 Å². The van der Waals surface area contributed by atoms with E-state index in [9.17, 15) is 4.79 Å². The fourth-order valence-electron chi connectivity index (χ4n) is 3.14. The number of halogens is 1. The topological polar surface area (TPSA) is 33.5 Å². The minimum Gasteiger partial charge on any atom is -0.460 e. The molecular formula is C14H20BrNO2. The van der Waals surface area contributed by atoms with Crippen LogP contribution in [-0.2, 0) is 0 Å². The molecule has 1 fully saturated rings. The fourth-order valence-corrected chi connectivity index (χ4v) is 3.52. The number of carbonyl (C=O) groups excluding carboxylic acids is 1. The van der Waals surface area contributed by atoms with E-state index < -0.39 is 0 Å². The molecule has 1 aromatic rings. The SMILES string of the molecule is CCN(CC)C1(C(=O)c2occc2Br)CCCC1. The normalized spacial score (nSPS) is 18.4. The summed E-state index contributed by atoms with van der Waals surface area (Å²) in [6.45, 7) is 6.04. The lowest BCUT2D eigenvalue weighted by atomic mass is 9.88. The van der Waals surface area contributed by atoms with Crippen molar-refractivity contribution in [1.29, 1.82) is 0 Å². The largest absolute Gasteiger partial charge is 0.460 e. The summed E-state index contributed by atoms with van der Waals surface area (Å²) in [5.41, 5.74) is -0.343. The summed E-state index contributed by atoms with van der Waals surface area (Å²) in [6.07, 6.45) is 5.71. The monoisotopic (exact) mass is 313 g/mol. The van der Waals surface area contributed by atoms with Crippen LogP contribution in [0.5, 0.6) is 0 Å². The Labute approximate surface area is 117 Å². The third-order valence-corrected chi connectivity index (χ3v) is 4.67. The van der Waals surface area contributed by atoms with E-state index in [1.807, 2.05) is 0 Å². The van der Waals surface area contributed by atoms with Gasteiger partial charge in [0.2, 0.25) is 5.78 Å². The summed E-state index contributed by atoms with van der Waals surface area (Å²) >= 11 is 3.40. The second-order valence-corrected chi connectivity index (χ2v) is 5.69. The summed E-state index contributed by atoms with van der Waals surface area (Å²) in [5.74, 6) is 0.615. The van der Waals surface area contributed by atoms with Crippen LogP contribution in [0.2, 0.25) is 0 Å². The minimum atomic E-state index is -0.343. The Morgan fingerprint density at radius 1 is 1.39 bits per heavy atom. The molecule has 3 nitrogen and oxygen atoms in total. The molecule has 100 valence electrons. The molecule has 0 spiro atoms.